The second kappa shape index (κ2) is 10.7. The highest BCUT2D eigenvalue weighted by molar-refractivity contribution is 6.32. The molecule has 0 spiro atoms. The number of hydrogen-bond donors (Lipinski definition) is 0. The Labute approximate surface area is 173 Å². The van der Waals surface area contributed by atoms with Crippen molar-refractivity contribution in [3.8, 4) is 17.6 Å². The van der Waals surface area contributed by atoms with Gasteiger partial charge in [0.05, 0.1) is 13.7 Å². The van der Waals surface area contributed by atoms with E-state index in [4.69, 9.17) is 31.1 Å². The van der Waals surface area contributed by atoms with E-state index in [2.05, 4.69) is 0 Å². The predicted octanol–water partition coefficient (Wildman–Crippen LogP) is 4.44. The van der Waals surface area contributed by atoms with Crippen molar-refractivity contribution in [1.29, 1.82) is 5.26 Å². The lowest BCUT2D eigenvalue weighted by atomic mass is 10.1. The second-order valence-electron chi connectivity index (χ2n) is 5.58. The summed E-state index contributed by atoms with van der Waals surface area (Å²) in [6.45, 7) is 1.82. The van der Waals surface area contributed by atoms with Gasteiger partial charge in [-0.1, -0.05) is 35.9 Å². The monoisotopic (exact) mass is 411 g/mol. The van der Waals surface area contributed by atoms with Gasteiger partial charge in [-0.3, -0.25) is 0 Å². The molecule has 148 valence electrons. The fraction of sp³-hybridized carbons (Fsp3) is 0.136. The van der Waals surface area contributed by atoms with Gasteiger partial charge in [0.25, 0.3) is 0 Å². The zero-order chi connectivity index (χ0) is 21.2. The van der Waals surface area contributed by atoms with E-state index < -0.39 is 11.9 Å². The molecular formula is C22H18ClNO5. The molecule has 0 aliphatic rings. The molecule has 0 saturated heterocycles. The Morgan fingerprint density at radius 3 is 2.59 bits per heavy atom. The Kier molecular flexibility index (Phi) is 8.01. The number of nitrogens with zero attached hydrogens (tertiary/aromatic N) is 1. The molecule has 0 heterocycles. The van der Waals surface area contributed by atoms with E-state index in [-0.39, 0.29) is 23.7 Å². The van der Waals surface area contributed by atoms with Crippen molar-refractivity contribution in [1.82, 2.24) is 0 Å². The van der Waals surface area contributed by atoms with Crippen LogP contribution in [-0.4, -0.2) is 25.7 Å². The van der Waals surface area contributed by atoms with Gasteiger partial charge in [0, 0.05) is 11.1 Å². The van der Waals surface area contributed by atoms with Gasteiger partial charge in [-0.15, -0.1) is 0 Å². The molecule has 0 saturated carbocycles. The van der Waals surface area contributed by atoms with Gasteiger partial charge in [-0.25, -0.2) is 9.59 Å². The Morgan fingerprint density at radius 2 is 1.93 bits per heavy atom. The fourth-order valence-corrected chi connectivity index (χ4v) is 2.48. The van der Waals surface area contributed by atoms with Crippen molar-refractivity contribution < 1.29 is 23.8 Å². The molecule has 0 amide bonds. The van der Waals surface area contributed by atoms with E-state index in [1.807, 2.05) is 0 Å². The highest BCUT2D eigenvalue weighted by Gasteiger charge is 2.12. The van der Waals surface area contributed by atoms with Crippen LogP contribution < -0.4 is 9.47 Å². The van der Waals surface area contributed by atoms with Crippen molar-refractivity contribution in [3.05, 3.63) is 70.3 Å². The molecule has 2 rings (SSSR count). The number of carbonyl (C=O) groups excluding carboxylic acids is 2. The molecule has 7 heteroatoms. The number of ether oxygens (including phenoxy) is 3. The van der Waals surface area contributed by atoms with Crippen LogP contribution in [0.3, 0.4) is 0 Å². The maximum Gasteiger partial charge on any atom is 0.348 e. The molecule has 0 aromatic heterocycles. The van der Waals surface area contributed by atoms with E-state index in [9.17, 15) is 9.59 Å². The molecule has 0 atom stereocenters. The number of carbonyl (C=O) groups is 2. The number of esters is 2. The standard InChI is InChI=1S/C22H18ClNO5/c1-3-28-22(26)17(14-24)12-15-8-10-19(20(13-15)27-2)29-21(25)11-9-16-6-4-5-7-18(16)23/h4-13H,3H2,1-2H3/b11-9+,17-12+. The molecule has 0 aliphatic heterocycles. The summed E-state index contributed by atoms with van der Waals surface area (Å²) >= 11 is 6.04. The van der Waals surface area contributed by atoms with E-state index >= 15 is 0 Å². The van der Waals surface area contributed by atoms with E-state index in [1.54, 1.807) is 49.4 Å². The molecule has 0 aliphatic carbocycles. The average molecular weight is 412 g/mol. The highest BCUT2D eigenvalue weighted by atomic mass is 35.5. The van der Waals surface area contributed by atoms with Gasteiger partial charge in [-0.05, 0) is 48.4 Å². The second-order valence-corrected chi connectivity index (χ2v) is 5.98. The van der Waals surface area contributed by atoms with Crippen LogP contribution in [0.5, 0.6) is 11.5 Å². The average Bonchev–Trinajstić information content (AvgIpc) is 2.72. The van der Waals surface area contributed by atoms with Gasteiger partial charge < -0.3 is 14.2 Å². The quantitative estimate of drug-likeness (QED) is 0.290. The first-order valence-corrected chi connectivity index (χ1v) is 8.97. The highest BCUT2D eigenvalue weighted by Crippen LogP contribution is 2.29. The molecule has 0 bridgehead atoms. The molecule has 0 radical (unpaired) electrons. The Balaban J connectivity index is 2.18. The van der Waals surface area contributed by atoms with Gasteiger partial charge in [0.15, 0.2) is 11.5 Å². The third kappa shape index (κ3) is 6.23. The maximum atomic E-state index is 12.1. The number of nitriles is 1. The number of benzene rings is 2. The largest absolute Gasteiger partial charge is 0.493 e. The topological polar surface area (TPSA) is 85.6 Å². The molecule has 0 N–H and O–H groups in total. The summed E-state index contributed by atoms with van der Waals surface area (Å²) in [7, 11) is 1.41. The molecule has 0 unspecified atom stereocenters. The van der Waals surface area contributed by atoms with Crippen molar-refractivity contribution in [2.45, 2.75) is 6.92 Å². The summed E-state index contributed by atoms with van der Waals surface area (Å²) in [6, 6.07) is 13.5. The maximum absolute atomic E-state index is 12.1. The smallest absolute Gasteiger partial charge is 0.348 e. The summed E-state index contributed by atoms with van der Waals surface area (Å²) in [4.78, 5) is 23.8. The van der Waals surface area contributed by atoms with Crippen molar-refractivity contribution >= 4 is 35.7 Å². The first kappa shape index (κ1) is 21.7. The Morgan fingerprint density at radius 1 is 1.17 bits per heavy atom. The SMILES string of the molecule is CCOC(=O)/C(C#N)=C/c1ccc(OC(=O)/C=C/c2ccccc2Cl)c(OC)c1. The van der Waals surface area contributed by atoms with Crippen LogP contribution in [0.25, 0.3) is 12.2 Å². The minimum Gasteiger partial charge on any atom is -0.493 e. The Hall–Kier alpha value is -3.56. The van der Waals surface area contributed by atoms with Gasteiger partial charge in [0.2, 0.25) is 0 Å². The van der Waals surface area contributed by atoms with Gasteiger partial charge in [-0.2, -0.15) is 5.26 Å². The molecule has 6 nitrogen and oxygen atoms in total. The number of rotatable bonds is 7. The van der Waals surface area contributed by atoms with Crippen molar-refractivity contribution in [2.75, 3.05) is 13.7 Å². The molecule has 29 heavy (non-hydrogen) atoms. The first-order chi connectivity index (χ1) is 14.0. The number of hydrogen-bond acceptors (Lipinski definition) is 6. The molecule has 2 aromatic rings. The summed E-state index contributed by atoms with van der Waals surface area (Å²) in [5.74, 6) is -0.877. The van der Waals surface area contributed by atoms with Crippen LogP contribution in [0.4, 0.5) is 0 Å². The van der Waals surface area contributed by atoms with Crippen LogP contribution in [0.2, 0.25) is 5.02 Å². The minimum absolute atomic E-state index is 0.152. The summed E-state index contributed by atoms with van der Waals surface area (Å²) in [6.07, 6.45) is 4.17. The van der Waals surface area contributed by atoms with Crippen LogP contribution in [0, 0.1) is 11.3 Å². The molecular weight excluding hydrogens is 394 g/mol. The number of halogens is 1. The van der Waals surface area contributed by atoms with Crippen LogP contribution in [0.1, 0.15) is 18.1 Å². The third-order valence-corrected chi connectivity index (χ3v) is 3.97. The normalized spacial score (nSPS) is 11.0. The van der Waals surface area contributed by atoms with E-state index in [0.29, 0.717) is 16.1 Å². The summed E-state index contributed by atoms with van der Waals surface area (Å²) in [5, 5.41) is 9.63. The van der Waals surface area contributed by atoms with Gasteiger partial charge >= 0.3 is 11.9 Å². The fourth-order valence-electron chi connectivity index (χ4n) is 2.28. The van der Waals surface area contributed by atoms with E-state index in [0.717, 1.165) is 0 Å². The van der Waals surface area contributed by atoms with Crippen LogP contribution >= 0.6 is 11.6 Å². The summed E-state index contributed by atoms with van der Waals surface area (Å²) < 4.78 is 15.4. The van der Waals surface area contributed by atoms with E-state index in [1.165, 1.54) is 31.4 Å². The minimum atomic E-state index is -0.714. The van der Waals surface area contributed by atoms with Crippen LogP contribution in [-0.2, 0) is 14.3 Å². The lowest BCUT2D eigenvalue weighted by Crippen LogP contribution is -2.06. The summed E-state index contributed by atoms with van der Waals surface area (Å²) in [5.41, 5.74) is 1.04. The van der Waals surface area contributed by atoms with Crippen LogP contribution in [0.15, 0.2) is 54.1 Å². The van der Waals surface area contributed by atoms with Crippen molar-refractivity contribution in [2.24, 2.45) is 0 Å². The lowest BCUT2D eigenvalue weighted by Gasteiger charge is -2.09. The third-order valence-electron chi connectivity index (χ3n) is 3.63. The lowest BCUT2D eigenvalue weighted by molar-refractivity contribution is -0.138. The first-order valence-electron chi connectivity index (χ1n) is 8.59. The number of methoxy groups -OCH3 is 1. The zero-order valence-corrected chi connectivity index (χ0v) is 16.6. The van der Waals surface area contributed by atoms with Gasteiger partial charge in [0.1, 0.15) is 11.6 Å². The molecule has 0 fully saturated rings. The molecule has 2 aromatic carbocycles. The Bertz CT molecular complexity index is 1000. The van der Waals surface area contributed by atoms with Crippen molar-refractivity contribution in [3.63, 3.8) is 0 Å². The zero-order valence-electron chi connectivity index (χ0n) is 15.8. The predicted molar refractivity (Wildman–Crippen MR) is 109 cm³/mol.